The van der Waals surface area contributed by atoms with Crippen LogP contribution in [-0.2, 0) is 0 Å². The molecule has 2 aromatic carbocycles. The van der Waals surface area contributed by atoms with E-state index in [1.54, 1.807) is 6.07 Å². The van der Waals surface area contributed by atoms with E-state index in [0.29, 0.717) is 23.7 Å². The molecule has 1 aromatic heterocycles. The van der Waals surface area contributed by atoms with Crippen LogP contribution in [0.1, 0.15) is 23.2 Å². The quantitative estimate of drug-likeness (QED) is 0.681. The van der Waals surface area contributed by atoms with Crippen molar-refractivity contribution in [2.45, 2.75) is 12.8 Å². The number of nitrogen functional groups attached to an aromatic ring is 1. The molecule has 142 valence electrons. The predicted octanol–water partition coefficient (Wildman–Crippen LogP) is 3.95. The van der Waals surface area contributed by atoms with E-state index in [2.05, 4.69) is 14.9 Å². The van der Waals surface area contributed by atoms with E-state index in [0.717, 1.165) is 31.0 Å². The maximum Gasteiger partial charge on any atom is 0.167 e. The monoisotopic (exact) mass is 374 g/mol. The van der Waals surface area contributed by atoms with Crippen molar-refractivity contribution in [2.24, 2.45) is 5.92 Å². The summed E-state index contributed by atoms with van der Waals surface area (Å²) in [6.07, 6.45) is 3.27. The van der Waals surface area contributed by atoms with Crippen molar-refractivity contribution in [2.75, 3.05) is 23.7 Å². The van der Waals surface area contributed by atoms with Gasteiger partial charge in [0.15, 0.2) is 5.78 Å². The van der Waals surface area contributed by atoms with Crippen molar-refractivity contribution >= 4 is 17.4 Å². The summed E-state index contributed by atoms with van der Waals surface area (Å²) in [4.78, 5) is 23.3. The molecule has 2 N–H and O–H groups in total. The van der Waals surface area contributed by atoms with Crippen molar-refractivity contribution in [1.82, 2.24) is 9.97 Å². The lowest BCUT2D eigenvalue weighted by Crippen LogP contribution is -2.39. The Kier molecular flexibility index (Phi) is 5.19. The van der Waals surface area contributed by atoms with Gasteiger partial charge in [-0.05, 0) is 49.2 Å². The van der Waals surface area contributed by atoms with E-state index >= 15 is 0 Å². The van der Waals surface area contributed by atoms with Gasteiger partial charge in [-0.15, -0.1) is 0 Å². The van der Waals surface area contributed by atoms with E-state index in [9.17, 15) is 4.79 Å². The molecule has 28 heavy (non-hydrogen) atoms. The molecule has 1 atom stereocenters. The van der Waals surface area contributed by atoms with Crippen LogP contribution in [0.15, 0.2) is 67.0 Å². The Labute approximate surface area is 164 Å². The number of hydrogen-bond donors (Lipinski definition) is 1. The second-order valence-corrected chi connectivity index (χ2v) is 6.89. The maximum absolute atomic E-state index is 13.0. The summed E-state index contributed by atoms with van der Waals surface area (Å²) < 4.78 is 5.80. The Morgan fingerprint density at radius 2 is 1.79 bits per heavy atom. The first-order valence-corrected chi connectivity index (χ1v) is 9.39. The molecule has 4 rings (SSSR count). The molecule has 1 unspecified atom stereocenters. The van der Waals surface area contributed by atoms with Crippen LogP contribution >= 0.6 is 0 Å². The van der Waals surface area contributed by atoms with Gasteiger partial charge in [-0.25, -0.2) is 9.97 Å². The summed E-state index contributed by atoms with van der Waals surface area (Å²) in [6, 6.07) is 18.7. The third-order valence-corrected chi connectivity index (χ3v) is 4.91. The molecule has 0 saturated carbocycles. The minimum absolute atomic E-state index is 0.0640. The third-order valence-electron chi connectivity index (χ3n) is 4.91. The van der Waals surface area contributed by atoms with E-state index < -0.39 is 0 Å². The molecule has 0 bridgehead atoms. The van der Waals surface area contributed by atoms with Crippen LogP contribution in [0.5, 0.6) is 11.5 Å². The van der Waals surface area contributed by atoms with Gasteiger partial charge in [0.05, 0.1) is 0 Å². The number of nitrogens with two attached hydrogens (primary N) is 1. The van der Waals surface area contributed by atoms with E-state index in [4.69, 9.17) is 10.5 Å². The topological polar surface area (TPSA) is 81.3 Å². The second kappa shape index (κ2) is 8.08. The van der Waals surface area contributed by atoms with Gasteiger partial charge in [0.2, 0.25) is 0 Å². The Morgan fingerprint density at radius 3 is 2.54 bits per heavy atom. The number of carbonyl (C=O) groups is 1. The number of aromatic nitrogens is 2. The Hall–Kier alpha value is -3.41. The fraction of sp³-hybridized carbons (Fsp3) is 0.227. The molecule has 1 saturated heterocycles. The first-order chi connectivity index (χ1) is 13.7. The highest BCUT2D eigenvalue weighted by atomic mass is 16.5. The fourth-order valence-electron chi connectivity index (χ4n) is 3.48. The van der Waals surface area contributed by atoms with Gasteiger partial charge in [0.25, 0.3) is 0 Å². The molecule has 0 spiro atoms. The number of Topliss-reactive ketones (excluding diaryl/α,β-unsaturated/α-hetero) is 1. The SMILES string of the molecule is Nc1cc(N2CCCC(C(=O)c3ccc(Oc4ccccc4)cc3)C2)ncn1. The minimum Gasteiger partial charge on any atom is -0.457 e. The smallest absolute Gasteiger partial charge is 0.167 e. The van der Waals surface area contributed by atoms with Crippen molar-refractivity contribution < 1.29 is 9.53 Å². The van der Waals surface area contributed by atoms with Gasteiger partial charge in [0.1, 0.15) is 29.5 Å². The zero-order valence-electron chi connectivity index (χ0n) is 15.5. The minimum atomic E-state index is -0.0640. The van der Waals surface area contributed by atoms with Crippen molar-refractivity contribution in [3.63, 3.8) is 0 Å². The highest BCUT2D eigenvalue weighted by molar-refractivity contribution is 5.98. The summed E-state index contributed by atoms with van der Waals surface area (Å²) in [5, 5.41) is 0. The van der Waals surface area contributed by atoms with Crippen LogP contribution in [0.25, 0.3) is 0 Å². The number of ether oxygens (including phenoxy) is 1. The average Bonchev–Trinajstić information content (AvgIpc) is 2.75. The van der Waals surface area contributed by atoms with Gasteiger partial charge >= 0.3 is 0 Å². The largest absolute Gasteiger partial charge is 0.457 e. The van der Waals surface area contributed by atoms with Crippen LogP contribution in [0.3, 0.4) is 0 Å². The molecule has 3 aromatic rings. The normalized spacial score (nSPS) is 16.6. The Morgan fingerprint density at radius 1 is 1.04 bits per heavy atom. The van der Waals surface area contributed by atoms with Crippen LogP contribution in [0.4, 0.5) is 11.6 Å². The number of benzene rings is 2. The molecule has 1 fully saturated rings. The summed E-state index contributed by atoms with van der Waals surface area (Å²) in [6.45, 7) is 1.50. The summed E-state index contributed by atoms with van der Waals surface area (Å²) in [5.41, 5.74) is 6.47. The molecule has 0 amide bonds. The average molecular weight is 374 g/mol. The molecule has 6 heteroatoms. The maximum atomic E-state index is 13.0. The Balaban J connectivity index is 1.43. The van der Waals surface area contributed by atoms with Gasteiger partial charge in [0, 0.05) is 30.6 Å². The van der Waals surface area contributed by atoms with E-state index in [1.807, 2.05) is 54.6 Å². The van der Waals surface area contributed by atoms with Crippen molar-refractivity contribution in [3.05, 3.63) is 72.6 Å². The zero-order valence-corrected chi connectivity index (χ0v) is 15.5. The number of ketones is 1. The molecule has 0 radical (unpaired) electrons. The van der Waals surface area contributed by atoms with Crippen LogP contribution in [0.2, 0.25) is 0 Å². The molecule has 2 heterocycles. The van der Waals surface area contributed by atoms with Gasteiger partial charge < -0.3 is 15.4 Å². The van der Waals surface area contributed by atoms with E-state index in [-0.39, 0.29) is 11.7 Å². The highest BCUT2D eigenvalue weighted by Crippen LogP contribution is 2.26. The van der Waals surface area contributed by atoms with E-state index in [1.165, 1.54) is 6.33 Å². The van der Waals surface area contributed by atoms with Gasteiger partial charge in [-0.1, -0.05) is 18.2 Å². The number of para-hydroxylation sites is 1. The van der Waals surface area contributed by atoms with Crippen molar-refractivity contribution in [1.29, 1.82) is 0 Å². The lowest BCUT2D eigenvalue weighted by Gasteiger charge is -2.32. The molecular weight excluding hydrogens is 352 g/mol. The first kappa shape index (κ1) is 18.0. The van der Waals surface area contributed by atoms with Crippen LogP contribution in [-0.4, -0.2) is 28.8 Å². The molecule has 1 aliphatic rings. The Bertz CT molecular complexity index is 944. The number of anilines is 2. The standard InChI is InChI=1S/C22H22N4O2/c23-20-13-21(25-15-24-20)26-12-4-5-17(14-26)22(27)16-8-10-19(11-9-16)28-18-6-2-1-3-7-18/h1-3,6-11,13,15,17H,4-5,12,14H2,(H2,23,24,25). The number of nitrogens with zero attached hydrogens (tertiary/aromatic N) is 3. The zero-order chi connectivity index (χ0) is 19.3. The third kappa shape index (κ3) is 4.11. The molecular formula is C22H22N4O2. The predicted molar refractivity (Wildman–Crippen MR) is 109 cm³/mol. The summed E-state index contributed by atoms with van der Waals surface area (Å²) in [5.74, 6) is 2.78. The lowest BCUT2D eigenvalue weighted by atomic mass is 9.90. The van der Waals surface area contributed by atoms with Gasteiger partial charge in [-0.3, -0.25) is 4.79 Å². The number of rotatable bonds is 5. The molecule has 0 aliphatic carbocycles. The van der Waals surface area contributed by atoms with Crippen LogP contribution in [0, 0.1) is 5.92 Å². The van der Waals surface area contributed by atoms with Gasteiger partial charge in [-0.2, -0.15) is 0 Å². The number of carbonyl (C=O) groups excluding carboxylic acids is 1. The molecule has 1 aliphatic heterocycles. The van der Waals surface area contributed by atoms with Crippen molar-refractivity contribution in [3.8, 4) is 11.5 Å². The van der Waals surface area contributed by atoms with Crippen LogP contribution < -0.4 is 15.4 Å². The second-order valence-electron chi connectivity index (χ2n) is 6.89. The number of hydrogen-bond acceptors (Lipinski definition) is 6. The first-order valence-electron chi connectivity index (χ1n) is 9.39. The lowest BCUT2D eigenvalue weighted by molar-refractivity contribution is 0.0907. The summed E-state index contributed by atoms with van der Waals surface area (Å²) >= 11 is 0. The molecule has 6 nitrogen and oxygen atoms in total. The summed E-state index contributed by atoms with van der Waals surface area (Å²) in [7, 11) is 0. The number of piperidine rings is 1. The highest BCUT2D eigenvalue weighted by Gasteiger charge is 2.27. The fourth-order valence-corrected chi connectivity index (χ4v) is 3.48.